The third-order valence-electron chi connectivity index (χ3n) is 3.43. The molecular weight excluding hydrogens is 236 g/mol. The summed E-state index contributed by atoms with van der Waals surface area (Å²) in [6.45, 7) is 12.2. The summed E-state index contributed by atoms with van der Waals surface area (Å²) in [5.41, 5.74) is 1.28. The molecule has 1 unspecified atom stereocenters. The first kappa shape index (κ1) is 16.2. The van der Waals surface area contributed by atoms with Crippen molar-refractivity contribution in [1.29, 1.82) is 0 Å². The third kappa shape index (κ3) is 5.74. The van der Waals surface area contributed by atoms with Crippen molar-refractivity contribution < 1.29 is 0 Å². The average Bonchev–Trinajstić information content (AvgIpc) is 2.69. The number of likely N-dealkylation sites (N-methyl/N-ethyl adjacent to an activating group) is 1. The van der Waals surface area contributed by atoms with Gasteiger partial charge in [-0.3, -0.25) is 9.58 Å². The molecule has 110 valence electrons. The van der Waals surface area contributed by atoms with E-state index in [0.717, 1.165) is 19.6 Å². The molecule has 0 aliphatic heterocycles. The van der Waals surface area contributed by atoms with Crippen LogP contribution in [0.25, 0.3) is 0 Å². The number of aromatic nitrogens is 2. The van der Waals surface area contributed by atoms with Crippen LogP contribution in [0.5, 0.6) is 0 Å². The van der Waals surface area contributed by atoms with Gasteiger partial charge in [0.1, 0.15) is 0 Å². The summed E-state index contributed by atoms with van der Waals surface area (Å²) in [6.07, 6.45) is 4.05. The zero-order valence-electron chi connectivity index (χ0n) is 13.3. The summed E-state index contributed by atoms with van der Waals surface area (Å²) < 4.78 is 1.87. The standard InChI is InChI=1S/C15H30N4/c1-12(2)7-16-9-15(13(3)4)18(5)10-14-8-17-19(6)11-14/h8,11-13,15-16H,7,9-10H2,1-6H3. The molecule has 0 radical (unpaired) electrons. The van der Waals surface area contributed by atoms with Crippen molar-refractivity contribution in [2.45, 2.75) is 40.3 Å². The SMILES string of the molecule is CC(C)CNCC(C(C)C)N(C)Cc1cnn(C)c1. The van der Waals surface area contributed by atoms with Gasteiger partial charge in [-0.15, -0.1) is 0 Å². The van der Waals surface area contributed by atoms with Crippen LogP contribution in [-0.2, 0) is 13.6 Å². The van der Waals surface area contributed by atoms with Gasteiger partial charge in [-0.05, 0) is 25.4 Å². The molecule has 1 heterocycles. The minimum Gasteiger partial charge on any atom is -0.315 e. The van der Waals surface area contributed by atoms with E-state index in [2.05, 4.69) is 56.3 Å². The second-order valence-electron chi connectivity index (χ2n) is 6.30. The molecular formula is C15H30N4. The highest BCUT2D eigenvalue weighted by atomic mass is 15.2. The van der Waals surface area contributed by atoms with Crippen LogP contribution in [-0.4, -0.2) is 40.9 Å². The Hall–Kier alpha value is -0.870. The van der Waals surface area contributed by atoms with Crippen LogP contribution in [0.2, 0.25) is 0 Å². The zero-order chi connectivity index (χ0) is 14.4. The quantitative estimate of drug-likeness (QED) is 0.782. The monoisotopic (exact) mass is 266 g/mol. The molecule has 19 heavy (non-hydrogen) atoms. The van der Waals surface area contributed by atoms with Crippen molar-refractivity contribution in [1.82, 2.24) is 20.0 Å². The van der Waals surface area contributed by atoms with E-state index in [1.165, 1.54) is 5.56 Å². The zero-order valence-corrected chi connectivity index (χ0v) is 13.3. The van der Waals surface area contributed by atoms with Gasteiger partial charge in [0.15, 0.2) is 0 Å². The minimum atomic E-state index is 0.555. The fourth-order valence-electron chi connectivity index (χ4n) is 2.38. The Bertz CT molecular complexity index is 357. The average molecular weight is 266 g/mol. The highest BCUT2D eigenvalue weighted by Gasteiger charge is 2.18. The van der Waals surface area contributed by atoms with E-state index >= 15 is 0 Å². The Kier molecular flexibility index (Phi) is 6.52. The van der Waals surface area contributed by atoms with E-state index in [-0.39, 0.29) is 0 Å². The summed E-state index contributed by atoms with van der Waals surface area (Å²) in [4.78, 5) is 2.43. The van der Waals surface area contributed by atoms with Gasteiger partial charge in [-0.25, -0.2) is 0 Å². The molecule has 0 saturated carbocycles. The molecule has 0 bridgehead atoms. The van der Waals surface area contributed by atoms with Gasteiger partial charge in [-0.2, -0.15) is 5.10 Å². The number of hydrogen-bond acceptors (Lipinski definition) is 3. The lowest BCUT2D eigenvalue weighted by Crippen LogP contribution is -2.43. The first-order valence-corrected chi connectivity index (χ1v) is 7.28. The smallest absolute Gasteiger partial charge is 0.0534 e. The first-order valence-electron chi connectivity index (χ1n) is 7.28. The van der Waals surface area contributed by atoms with Crippen LogP contribution in [0.4, 0.5) is 0 Å². The maximum atomic E-state index is 4.23. The highest BCUT2D eigenvalue weighted by molar-refractivity contribution is 5.03. The van der Waals surface area contributed by atoms with E-state index in [0.29, 0.717) is 17.9 Å². The molecule has 4 nitrogen and oxygen atoms in total. The minimum absolute atomic E-state index is 0.555. The lowest BCUT2D eigenvalue weighted by molar-refractivity contribution is 0.178. The second-order valence-corrected chi connectivity index (χ2v) is 6.30. The molecule has 0 saturated heterocycles. The van der Waals surface area contributed by atoms with Gasteiger partial charge in [0, 0.05) is 37.9 Å². The van der Waals surface area contributed by atoms with Crippen LogP contribution < -0.4 is 5.32 Å². The normalized spacial score (nSPS) is 13.7. The largest absolute Gasteiger partial charge is 0.315 e. The molecule has 0 aliphatic rings. The Balaban J connectivity index is 2.50. The molecule has 0 amide bonds. The van der Waals surface area contributed by atoms with Crippen LogP contribution in [0.15, 0.2) is 12.4 Å². The number of rotatable bonds is 8. The maximum absolute atomic E-state index is 4.23. The van der Waals surface area contributed by atoms with Crippen LogP contribution >= 0.6 is 0 Å². The molecule has 0 aliphatic carbocycles. The topological polar surface area (TPSA) is 33.1 Å². The summed E-state index contributed by atoms with van der Waals surface area (Å²) in [5.74, 6) is 1.35. The van der Waals surface area contributed by atoms with Crippen molar-refractivity contribution in [3.05, 3.63) is 18.0 Å². The van der Waals surface area contributed by atoms with Crippen LogP contribution in [0, 0.1) is 11.8 Å². The fourth-order valence-corrected chi connectivity index (χ4v) is 2.38. The van der Waals surface area contributed by atoms with E-state index in [1.54, 1.807) is 0 Å². The van der Waals surface area contributed by atoms with Gasteiger partial charge < -0.3 is 5.32 Å². The molecule has 0 spiro atoms. The molecule has 1 rings (SSSR count). The molecule has 1 aromatic heterocycles. The van der Waals surface area contributed by atoms with Crippen molar-refractivity contribution in [2.24, 2.45) is 18.9 Å². The molecule has 1 aromatic rings. The predicted octanol–water partition coefficient (Wildman–Crippen LogP) is 2.12. The molecule has 1 N–H and O–H groups in total. The Labute approximate surface area is 118 Å². The van der Waals surface area contributed by atoms with Gasteiger partial charge in [0.25, 0.3) is 0 Å². The Morgan fingerprint density at radius 2 is 1.95 bits per heavy atom. The lowest BCUT2D eigenvalue weighted by atomic mass is 10.0. The fraction of sp³-hybridized carbons (Fsp3) is 0.800. The predicted molar refractivity (Wildman–Crippen MR) is 81.0 cm³/mol. The maximum Gasteiger partial charge on any atom is 0.0534 e. The van der Waals surface area contributed by atoms with Crippen molar-refractivity contribution in [3.8, 4) is 0 Å². The third-order valence-corrected chi connectivity index (χ3v) is 3.43. The van der Waals surface area contributed by atoms with Crippen LogP contribution in [0.1, 0.15) is 33.3 Å². The Morgan fingerprint density at radius 1 is 1.26 bits per heavy atom. The number of nitrogens with one attached hydrogen (secondary N) is 1. The van der Waals surface area contributed by atoms with E-state index in [4.69, 9.17) is 0 Å². The molecule has 4 heteroatoms. The summed E-state index contributed by atoms with van der Waals surface area (Å²) in [6, 6.07) is 0.555. The summed E-state index contributed by atoms with van der Waals surface area (Å²) in [5, 5.41) is 7.81. The molecule has 1 atom stereocenters. The first-order chi connectivity index (χ1) is 8.90. The van der Waals surface area contributed by atoms with Crippen molar-refractivity contribution in [2.75, 3.05) is 20.1 Å². The second kappa shape index (κ2) is 7.65. The summed E-state index contributed by atoms with van der Waals surface area (Å²) >= 11 is 0. The van der Waals surface area contributed by atoms with Gasteiger partial charge >= 0.3 is 0 Å². The number of nitrogens with zero attached hydrogens (tertiary/aromatic N) is 3. The van der Waals surface area contributed by atoms with Crippen molar-refractivity contribution in [3.63, 3.8) is 0 Å². The molecule has 0 aromatic carbocycles. The Morgan fingerprint density at radius 3 is 2.42 bits per heavy atom. The number of aryl methyl sites for hydroxylation is 1. The van der Waals surface area contributed by atoms with E-state index < -0.39 is 0 Å². The van der Waals surface area contributed by atoms with E-state index in [1.807, 2.05) is 17.9 Å². The molecule has 0 fully saturated rings. The summed E-state index contributed by atoms with van der Waals surface area (Å²) in [7, 11) is 4.17. The van der Waals surface area contributed by atoms with Crippen molar-refractivity contribution >= 4 is 0 Å². The van der Waals surface area contributed by atoms with Crippen LogP contribution in [0.3, 0.4) is 0 Å². The van der Waals surface area contributed by atoms with Gasteiger partial charge in [0.2, 0.25) is 0 Å². The van der Waals surface area contributed by atoms with E-state index in [9.17, 15) is 0 Å². The highest BCUT2D eigenvalue weighted by Crippen LogP contribution is 2.12. The lowest BCUT2D eigenvalue weighted by Gasteiger charge is -2.31. The van der Waals surface area contributed by atoms with Gasteiger partial charge in [0.05, 0.1) is 6.20 Å². The number of hydrogen-bond donors (Lipinski definition) is 1. The van der Waals surface area contributed by atoms with Gasteiger partial charge in [-0.1, -0.05) is 27.7 Å².